The highest BCUT2D eigenvalue weighted by Gasteiger charge is 2.37. The Balaban J connectivity index is 2.18. The Labute approximate surface area is 151 Å². The zero-order chi connectivity index (χ0) is 18.0. The molecule has 1 aromatic heterocycles. The molecule has 0 saturated heterocycles. The van der Waals surface area contributed by atoms with Crippen molar-refractivity contribution in [3.8, 4) is 5.69 Å². The molecule has 0 unspecified atom stereocenters. The van der Waals surface area contributed by atoms with Crippen LogP contribution in [0.5, 0.6) is 0 Å². The molecule has 1 aromatic carbocycles. The summed E-state index contributed by atoms with van der Waals surface area (Å²) in [6.45, 7) is 0. The molecule has 1 aliphatic rings. The molecule has 0 radical (unpaired) electrons. The Bertz CT molecular complexity index is 829. The number of nitrogens with one attached hydrogen (secondary N) is 1. The van der Waals surface area contributed by atoms with E-state index in [0.717, 1.165) is 25.7 Å². The molecular formula is C17H22ClN2O4P. The van der Waals surface area contributed by atoms with E-state index >= 15 is 0 Å². The molecule has 136 valence electrons. The largest absolute Gasteiger partial charge is 0.368 e. The van der Waals surface area contributed by atoms with Crippen molar-refractivity contribution in [2.24, 2.45) is 0 Å². The summed E-state index contributed by atoms with van der Waals surface area (Å²) in [5.41, 5.74) is 0.873. The van der Waals surface area contributed by atoms with Crippen LogP contribution >= 0.6 is 19.2 Å². The second kappa shape index (κ2) is 7.50. The number of halogens is 1. The molecule has 8 heteroatoms. The average Bonchev–Trinajstić information content (AvgIpc) is 3.00. The zero-order valence-corrected chi connectivity index (χ0v) is 16.0. The highest BCUT2D eigenvalue weighted by atomic mass is 35.5. The fraction of sp³-hybridized carbons (Fsp3) is 0.471. The number of aromatic amines is 1. The third kappa shape index (κ3) is 3.49. The molecular weight excluding hydrogens is 363 g/mol. The van der Waals surface area contributed by atoms with Gasteiger partial charge in [0.1, 0.15) is 0 Å². The molecule has 0 atom stereocenters. The lowest BCUT2D eigenvalue weighted by molar-refractivity contribution is 0.286. The lowest BCUT2D eigenvalue weighted by Crippen LogP contribution is -2.30. The van der Waals surface area contributed by atoms with Crippen molar-refractivity contribution >= 4 is 24.5 Å². The van der Waals surface area contributed by atoms with E-state index in [1.807, 2.05) is 0 Å². The first-order chi connectivity index (χ1) is 12.0. The molecule has 25 heavy (non-hydrogen) atoms. The van der Waals surface area contributed by atoms with E-state index in [2.05, 4.69) is 5.10 Å². The molecule has 1 heterocycles. The van der Waals surface area contributed by atoms with Crippen molar-refractivity contribution in [2.75, 3.05) is 14.2 Å². The van der Waals surface area contributed by atoms with Gasteiger partial charge in [-0.05, 0) is 37.1 Å². The topological polar surface area (TPSA) is 73.3 Å². The summed E-state index contributed by atoms with van der Waals surface area (Å²) in [5, 5.41) is 3.85. The van der Waals surface area contributed by atoms with Gasteiger partial charge in [-0.25, -0.2) is 4.68 Å². The molecule has 2 aromatic rings. The Morgan fingerprint density at radius 1 is 1.12 bits per heavy atom. The molecule has 6 nitrogen and oxygen atoms in total. The highest BCUT2D eigenvalue weighted by molar-refractivity contribution is 7.62. The standard InChI is InChI=1S/C17H22ClN2O4P/c1-23-25(22,24-2)16-15(12-6-4-3-5-7-12)19-20(17(16)21)14-10-8-13(18)9-11-14/h8-12,19H,3-7H2,1-2H3. The van der Waals surface area contributed by atoms with Gasteiger partial charge in [0.2, 0.25) is 0 Å². The fourth-order valence-corrected chi connectivity index (χ4v) is 4.92. The first-order valence-electron chi connectivity index (χ1n) is 8.33. The molecule has 0 aliphatic heterocycles. The average molecular weight is 385 g/mol. The van der Waals surface area contributed by atoms with Crippen LogP contribution in [0.1, 0.15) is 43.7 Å². The van der Waals surface area contributed by atoms with Crippen molar-refractivity contribution in [3.05, 3.63) is 45.3 Å². The third-order valence-corrected chi connectivity index (χ3v) is 6.94. The van der Waals surface area contributed by atoms with Crippen molar-refractivity contribution in [1.82, 2.24) is 9.78 Å². The third-order valence-electron chi connectivity index (χ3n) is 4.75. The molecule has 0 spiro atoms. The van der Waals surface area contributed by atoms with Crippen LogP contribution in [0.4, 0.5) is 0 Å². The Hall–Kier alpha value is -1.33. The van der Waals surface area contributed by atoms with Gasteiger partial charge in [-0.2, -0.15) is 0 Å². The number of hydrogen-bond acceptors (Lipinski definition) is 4. The molecule has 0 amide bonds. The van der Waals surface area contributed by atoms with Crippen molar-refractivity contribution in [1.29, 1.82) is 0 Å². The summed E-state index contributed by atoms with van der Waals surface area (Å²) in [6.07, 6.45) is 5.24. The van der Waals surface area contributed by atoms with Crippen LogP contribution < -0.4 is 10.9 Å². The Kier molecular flexibility index (Phi) is 5.54. The van der Waals surface area contributed by atoms with E-state index in [9.17, 15) is 9.36 Å². The second-order valence-electron chi connectivity index (χ2n) is 6.19. The Morgan fingerprint density at radius 3 is 2.28 bits per heavy atom. The van der Waals surface area contributed by atoms with Gasteiger partial charge in [-0.1, -0.05) is 30.9 Å². The maximum atomic E-state index is 13.0. The SMILES string of the molecule is COP(=O)(OC)c1c(C2CCCCC2)[nH]n(-c2ccc(Cl)cc2)c1=O. The maximum absolute atomic E-state index is 13.0. The monoisotopic (exact) mass is 384 g/mol. The van der Waals surface area contributed by atoms with Gasteiger partial charge in [-0.15, -0.1) is 0 Å². The fourth-order valence-electron chi connectivity index (χ4n) is 3.41. The molecule has 1 N–H and O–H groups in total. The number of aromatic nitrogens is 2. The first kappa shape index (κ1) is 18.5. The van der Waals surface area contributed by atoms with E-state index in [0.29, 0.717) is 16.4 Å². The van der Waals surface area contributed by atoms with Crippen molar-refractivity contribution in [2.45, 2.75) is 38.0 Å². The van der Waals surface area contributed by atoms with Gasteiger partial charge >= 0.3 is 7.60 Å². The van der Waals surface area contributed by atoms with E-state index in [-0.39, 0.29) is 11.2 Å². The van der Waals surface area contributed by atoms with Gasteiger partial charge < -0.3 is 9.05 Å². The molecule has 3 rings (SSSR count). The van der Waals surface area contributed by atoms with Gasteiger partial charge in [0, 0.05) is 25.2 Å². The van der Waals surface area contributed by atoms with Crippen LogP contribution in [0.15, 0.2) is 29.1 Å². The van der Waals surface area contributed by atoms with Crippen LogP contribution in [0.2, 0.25) is 5.02 Å². The summed E-state index contributed by atoms with van der Waals surface area (Å²) < 4.78 is 24.7. The summed E-state index contributed by atoms with van der Waals surface area (Å²) in [7, 11) is -1.08. The number of benzene rings is 1. The van der Waals surface area contributed by atoms with Crippen LogP contribution in [-0.2, 0) is 13.6 Å². The van der Waals surface area contributed by atoms with Crippen molar-refractivity contribution < 1.29 is 13.6 Å². The zero-order valence-electron chi connectivity index (χ0n) is 14.3. The van der Waals surface area contributed by atoms with E-state index in [1.165, 1.54) is 25.3 Å². The van der Waals surface area contributed by atoms with Gasteiger partial charge in [0.05, 0.1) is 11.4 Å². The molecule has 1 aliphatic carbocycles. The minimum absolute atomic E-state index is 0.111. The van der Waals surface area contributed by atoms with Crippen molar-refractivity contribution in [3.63, 3.8) is 0 Å². The predicted octanol–water partition coefficient (Wildman–Crippen LogP) is 3.98. The lowest BCUT2D eigenvalue weighted by atomic mass is 9.87. The number of H-pyrrole nitrogens is 1. The normalized spacial score (nSPS) is 16.3. The molecule has 1 fully saturated rings. The van der Waals surface area contributed by atoms with Gasteiger partial charge in [0.25, 0.3) is 5.56 Å². The smallest absolute Gasteiger partial charge is 0.308 e. The van der Waals surface area contributed by atoms with E-state index in [1.54, 1.807) is 24.3 Å². The molecule has 1 saturated carbocycles. The quantitative estimate of drug-likeness (QED) is 0.791. The lowest BCUT2D eigenvalue weighted by Gasteiger charge is -2.22. The van der Waals surface area contributed by atoms with Crippen LogP contribution in [0.3, 0.4) is 0 Å². The Morgan fingerprint density at radius 2 is 1.72 bits per heavy atom. The second-order valence-corrected chi connectivity index (χ2v) is 8.80. The van der Waals surface area contributed by atoms with Gasteiger partial charge in [0.15, 0.2) is 5.30 Å². The van der Waals surface area contributed by atoms with Crippen LogP contribution in [-0.4, -0.2) is 24.0 Å². The number of rotatable bonds is 5. The summed E-state index contributed by atoms with van der Waals surface area (Å²) in [4.78, 5) is 13.0. The summed E-state index contributed by atoms with van der Waals surface area (Å²) >= 11 is 5.93. The molecule has 0 bridgehead atoms. The predicted molar refractivity (Wildman–Crippen MR) is 98.5 cm³/mol. The number of hydrogen-bond donors (Lipinski definition) is 1. The summed E-state index contributed by atoms with van der Waals surface area (Å²) in [6, 6.07) is 6.88. The minimum atomic E-state index is -3.68. The minimum Gasteiger partial charge on any atom is -0.308 e. The number of nitrogens with zero attached hydrogens (tertiary/aromatic N) is 1. The first-order valence-corrected chi connectivity index (χ1v) is 10.2. The maximum Gasteiger partial charge on any atom is 0.368 e. The van der Waals surface area contributed by atoms with E-state index in [4.69, 9.17) is 20.6 Å². The highest BCUT2D eigenvalue weighted by Crippen LogP contribution is 2.47. The van der Waals surface area contributed by atoms with E-state index < -0.39 is 13.2 Å². The van der Waals surface area contributed by atoms with Crippen LogP contribution in [0.25, 0.3) is 5.69 Å². The van der Waals surface area contributed by atoms with Gasteiger partial charge in [-0.3, -0.25) is 14.5 Å². The summed E-state index contributed by atoms with van der Waals surface area (Å²) in [5.74, 6) is 0.142. The van der Waals surface area contributed by atoms with Crippen LogP contribution in [0, 0.1) is 0 Å².